The summed E-state index contributed by atoms with van der Waals surface area (Å²) in [7, 11) is 0. The van der Waals surface area contributed by atoms with E-state index in [9.17, 15) is 0 Å². The first kappa shape index (κ1) is 17.6. The maximum absolute atomic E-state index is 4.67. The summed E-state index contributed by atoms with van der Waals surface area (Å²) < 4.78 is 4.04. The fraction of sp³-hybridized carbons (Fsp3) is 0.273. The van der Waals surface area contributed by atoms with Gasteiger partial charge in [0.05, 0.1) is 24.3 Å². The van der Waals surface area contributed by atoms with Crippen molar-refractivity contribution in [1.29, 1.82) is 0 Å². The van der Waals surface area contributed by atoms with Crippen LogP contribution in [0, 0.1) is 6.92 Å². The van der Waals surface area contributed by atoms with Crippen LogP contribution in [0.4, 0.5) is 5.82 Å². The van der Waals surface area contributed by atoms with E-state index in [0.29, 0.717) is 0 Å². The highest BCUT2D eigenvalue weighted by molar-refractivity contribution is 5.42. The number of rotatable bonds is 5. The Bertz CT molecular complexity index is 1100. The Labute approximate surface area is 169 Å². The zero-order chi connectivity index (χ0) is 19.6. The van der Waals surface area contributed by atoms with Crippen molar-refractivity contribution >= 4 is 5.82 Å². The topological polar surface area (TPSA) is 64.7 Å². The molecule has 0 unspecified atom stereocenters. The van der Waals surface area contributed by atoms with E-state index in [0.717, 1.165) is 55.5 Å². The van der Waals surface area contributed by atoms with Crippen LogP contribution >= 0.6 is 0 Å². The van der Waals surface area contributed by atoms with E-state index in [1.54, 1.807) is 4.68 Å². The summed E-state index contributed by atoms with van der Waals surface area (Å²) in [6, 6.07) is 16.5. The third kappa shape index (κ3) is 3.63. The van der Waals surface area contributed by atoms with Gasteiger partial charge in [0.1, 0.15) is 0 Å². The average Bonchev–Trinajstić information content (AvgIpc) is 3.39. The van der Waals surface area contributed by atoms with Gasteiger partial charge >= 0.3 is 0 Å². The van der Waals surface area contributed by atoms with Crippen LogP contribution in [-0.4, -0.2) is 36.1 Å². The molecule has 0 N–H and O–H groups in total. The van der Waals surface area contributed by atoms with Gasteiger partial charge in [0.2, 0.25) is 0 Å². The summed E-state index contributed by atoms with van der Waals surface area (Å²) in [5, 5.41) is 13.2. The molecule has 7 heteroatoms. The van der Waals surface area contributed by atoms with Crippen molar-refractivity contribution in [2.24, 2.45) is 0 Å². The predicted octanol–water partition coefficient (Wildman–Crippen LogP) is 2.97. The molecule has 0 aliphatic carbocycles. The molecule has 5 rings (SSSR count). The number of aromatic nitrogens is 6. The smallest absolute Gasteiger partial charge is 0.175 e. The molecule has 4 aromatic rings. The number of nitrogens with zero attached hydrogens (tertiary/aromatic N) is 7. The van der Waals surface area contributed by atoms with Gasteiger partial charge < -0.3 is 9.47 Å². The molecule has 1 aliphatic heterocycles. The van der Waals surface area contributed by atoms with E-state index in [-0.39, 0.29) is 0 Å². The molecular formula is C22H23N7. The molecule has 1 aromatic carbocycles. The highest BCUT2D eigenvalue weighted by atomic mass is 15.4. The monoisotopic (exact) mass is 385 g/mol. The fourth-order valence-electron chi connectivity index (χ4n) is 3.80. The van der Waals surface area contributed by atoms with Crippen molar-refractivity contribution in [2.75, 3.05) is 11.4 Å². The van der Waals surface area contributed by atoms with Crippen molar-refractivity contribution in [1.82, 2.24) is 29.5 Å². The lowest BCUT2D eigenvalue weighted by Gasteiger charge is -2.27. The molecule has 29 heavy (non-hydrogen) atoms. The standard InChI is InChI=1S/C22H23N7/c1-17-9-14-29(26-17)22-8-7-21(24-25-22)27-13-11-20-19(15-27)23-16-28(20)12-10-18-5-3-2-4-6-18/h2-9,14,16H,10-13,15H2,1H3. The van der Waals surface area contributed by atoms with Gasteiger partial charge in [-0.1, -0.05) is 30.3 Å². The van der Waals surface area contributed by atoms with Crippen LogP contribution in [-0.2, 0) is 25.9 Å². The molecule has 4 heterocycles. The number of anilines is 1. The van der Waals surface area contributed by atoms with Crippen molar-refractivity contribution in [3.05, 3.63) is 83.7 Å². The Morgan fingerprint density at radius 2 is 1.79 bits per heavy atom. The summed E-state index contributed by atoms with van der Waals surface area (Å²) in [6.07, 6.45) is 5.86. The van der Waals surface area contributed by atoms with E-state index < -0.39 is 0 Å². The quantitative estimate of drug-likeness (QED) is 0.528. The minimum atomic E-state index is 0.727. The van der Waals surface area contributed by atoms with Crippen LogP contribution in [0.2, 0.25) is 0 Å². The Morgan fingerprint density at radius 1 is 0.966 bits per heavy atom. The number of benzene rings is 1. The number of imidazole rings is 1. The van der Waals surface area contributed by atoms with Gasteiger partial charge in [-0.05, 0) is 37.1 Å². The maximum atomic E-state index is 4.67. The largest absolute Gasteiger partial charge is 0.349 e. The van der Waals surface area contributed by atoms with Crippen molar-refractivity contribution < 1.29 is 0 Å². The molecule has 0 radical (unpaired) electrons. The fourth-order valence-corrected chi connectivity index (χ4v) is 3.80. The van der Waals surface area contributed by atoms with E-state index in [2.05, 4.69) is 60.1 Å². The summed E-state index contributed by atoms with van der Waals surface area (Å²) in [4.78, 5) is 6.91. The third-order valence-corrected chi connectivity index (χ3v) is 5.39. The SMILES string of the molecule is Cc1ccn(-c2ccc(N3CCc4c(ncn4CCc4ccccc4)C3)nn2)n1. The Hall–Kier alpha value is -3.48. The van der Waals surface area contributed by atoms with Crippen molar-refractivity contribution in [3.8, 4) is 5.82 Å². The summed E-state index contributed by atoms with van der Waals surface area (Å²) in [5.74, 6) is 1.60. The highest BCUT2D eigenvalue weighted by Gasteiger charge is 2.22. The second kappa shape index (κ2) is 7.50. The first-order valence-electron chi connectivity index (χ1n) is 9.94. The van der Waals surface area contributed by atoms with Gasteiger partial charge in [-0.2, -0.15) is 5.10 Å². The molecule has 7 nitrogen and oxygen atoms in total. The lowest BCUT2D eigenvalue weighted by molar-refractivity contribution is 0.620. The van der Waals surface area contributed by atoms with E-state index in [1.165, 1.54) is 11.3 Å². The summed E-state index contributed by atoms with van der Waals surface area (Å²) >= 11 is 0. The molecular weight excluding hydrogens is 362 g/mol. The van der Waals surface area contributed by atoms with Gasteiger partial charge in [0, 0.05) is 31.4 Å². The molecule has 0 amide bonds. The van der Waals surface area contributed by atoms with Gasteiger partial charge in [0.25, 0.3) is 0 Å². The minimum Gasteiger partial charge on any atom is -0.349 e. The molecule has 3 aromatic heterocycles. The second-order valence-electron chi connectivity index (χ2n) is 7.39. The molecule has 0 bridgehead atoms. The van der Waals surface area contributed by atoms with E-state index in [1.807, 2.05) is 37.6 Å². The second-order valence-corrected chi connectivity index (χ2v) is 7.39. The Morgan fingerprint density at radius 3 is 2.55 bits per heavy atom. The molecule has 0 atom stereocenters. The van der Waals surface area contributed by atoms with Gasteiger partial charge in [-0.15, -0.1) is 10.2 Å². The number of aryl methyl sites for hydroxylation is 3. The molecule has 0 saturated heterocycles. The molecule has 1 aliphatic rings. The normalized spacial score (nSPS) is 13.5. The zero-order valence-electron chi connectivity index (χ0n) is 16.4. The molecule has 0 fully saturated rings. The Balaban J connectivity index is 1.27. The average molecular weight is 385 g/mol. The van der Waals surface area contributed by atoms with E-state index >= 15 is 0 Å². The van der Waals surface area contributed by atoms with Gasteiger partial charge in [0.15, 0.2) is 11.6 Å². The van der Waals surface area contributed by atoms with Crippen molar-refractivity contribution in [2.45, 2.75) is 32.9 Å². The lowest BCUT2D eigenvalue weighted by Crippen LogP contribution is -2.32. The number of hydrogen-bond donors (Lipinski definition) is 0. The summed E-state index contributed by atoms with van der Waals surface area (Å²) in [5.41, 5.74) is 4.80. The van der Waals surface area contributed by atoms with Gasteiger partial charge in [-0.3, -0.25) is 0 Å². The predicted molar refractivity (Wildman–Crippen MR) is 111 cm³/mol. The number of fused-ring (bicyclic) bond motifs is 1. The van der Waals surface area contributed by atoms with E-state index in [4.69, 9.17) is 0 Å². The zero-order valence-corrected chi connectivity index (χ0v) is 16.4. The van der Waals surface area contributed by atoms with Crippen LogP contribution in [0.3, 0.4) is 0 Å². The first-order valence-corrected chi connectivity index (χ1v) is 9.94. The maximum Gasteiger partial charge on any atom is 0.175 e. The molecule has 0 spiro atoms. The van der Waals surface area contributed by atoms with Gasteiger partial charge in [-0.25, -0.2) is 9.67 Å². The highest BCUT2D eigenvalue weighted by Crippen LogP contribution is 2.22. The molecule has 146 valence electrons. The lowest BCUT2D eigenvalue weighted by atomic mass is 10.1. The first-order chi connectivity index (χ1) is 14.3. The van der Waals surface area contributed by atoms with Crippen LogP contribution in [0.25, 0.3) is 5.82 Å². The third-order valence-electron chi connectivity index (χ3n) is 5.39. The van der Waals surface area contributed by atoms with Crippen LogP contribution < -0.4 is 4.90 Å². The van der Waals surface area contributed by atoms with Crippen LogP contribution in [0.1, 0.15) is 22.6 Å². The van der Waals surface area contributed by atoms with Crippen LogP contribution in [0.5, 0.6) is 0 Å². The van der Waals surface area contributed by atoms with Crippen molar-refractivity contribution in [3.63, 3.8) is 0 Å². The number of hydrogen-bond acceptors (Lipinski definition) is 5. The van der Waals surface area contributed by atoms with Crippen LogP contribution in [0.15, 0.2) is 61.1 Å². The summed E-state index contributed by atoms with van der Waals surface area (Å²) in [6.45, 7) is 4.61. The Kier molecular flexibility index (Phi) is 4.56. The molecule has 0 saturated carbocycles. The minimum absolute atomic E-state index is 0.727.